The molecule has 4 nitrogen and oxygen atoms in total. The maximum absolute atomic E-state index is 5.21. The Hall–Kier alpha value is -0.160. The van der Waals surface area contributed by atoms with Gasteiger partial charge in [0.25, 0.3) is 0 Å². The lowest BCUT2D eigenvalue weighted by atomic mass is 10.1. The molecule has 1 aliphatic heterocycles. The Morgan fingerprint density at radius 2 is 1.87 bits per heavy atom. The lowest BCUT2D eigenvalue weighted by Gasteiger charge is -2.23. The minimum atomic E-state index is -0.0990. The maximum Gasteiger partial charge on any atom is 0.169 e. The van der Waals surface area contributed by atoms with E-state index in [0.29, 0.717) is 6.04 Å². The highest BCUT2D eigenvalue weighted by molar-refractivity contribution is 4.86. The lowest BCUT2D eigenvalue weighted by Crippen LogP contribution is -2.37. The van der Waals surface area contributed by atoms with Crippen molar-refractivity contribution in [2.45, 2.75) is 19.3 Å². The number of likely N-dealkylation sites (N-methyl/N-ethyl adjacent to an activating group) is 1. The van der Waals surface area contributed by atoms with Crippen LogP contribution in [0.4, 0.5) is 0 Å². The highest BCUT2D eigenvalue weighted by Crippen LogP contribution is 2.20. The fraction of sp³-hybridized carbons (Fsp3) is 1.00. The zero-order chi connectivity index (χ0) is 11.4. The Kier molecular flexibility index (Phi) is 4.99. The van der Waals surface area contributed by atoms with Gasteiger partial charge < -0.3 is 14.4 Å². The van der Waals surface area contributed by atoms with E-state index in [1.807, 2.05) is 0 Å². The third kappa shape index (κ3) is 3.41. The average Bonchev–Trinajstić information content (AvgIpc) is 2.56. The van der Waals surface area contributed by atoms with Gasteiger partial charge in [0.2, 0.25) is 0 Å². The number of methoxy groups -OCH3 is 2. The van der Waals surface area contributed by atoms with Gasteiger partial charge in [0.15, 0.2) is 6.29 Å². The minimum absolute atomic E-state index is 0.0990. The molecule has 0 aromatic heterocycles. The van der Waals surface area contributed by atoms with E-state index in [1.165, 1.54) is 0 Å². The number of rotatable bonds is 5. The topological polar surface area (TPSA) is 24.9 Å². The first-order chi connectivity index (χ1) is 7.08. The monoisotopic (exact) mass is 216 g/mol. The van der Waals surface area contributed by atoms with Gasteiger partial charge in [0, 0.05) is 39.9 Å². The molecular formula is C11H24N2O2. The third-order valence-corrected chi connectivity index (χ3v) is 3.24. The molecule has 1 aliphatic rings. The van der Waals surface area contributed by atoms with Crippen LogP contribution in [-0.2, 0) is 9.47 Å². The van der Waals surface area contributed by atoms with Crippen molar-refractivity contribution in [3.05, 3.63) is 0 Å². The van der Waals surface area contributed by atoms with Gasteiger partial charge >= 0.3 is 0 Å². The summed E-state index contributed by atoms with van der Waals surface area (Å²) in [6.45, 7) is 5.41. The summed E-state index contributed by atoms with van der Waals surface area (Å²) in [5.41, 5.74) is 0. The zero-order valence-electron chi connectivity index (χ0n) is 10.6. The second-order valence-corrected chi connectivity index (χ2v) is 4.63. The van der Waals surface area contributed by atoms with E-state index < -0.39 is 0 Å². The summed E-state index contributed by atoms with van der Waals surface area (Å²) in [7, 11) is 7.68. The van der Waals surface area contributed by atoms with Crippen molar-refractivity contribution in [2.24, 2.45) is 5.92 Å². The fourth-order valence-corrected chi connectivity index (χ4v) is 2.33. The van der Waals surface area contributed by atoms with Gasteiger partial charge in [-0.1, -0.05) is 6.92 Å². The van der Waals surface area contributed by atoms with E-state index >= 15 is 0 Å². The van der Waals surface area contributed by atoms with Crippen LogP contribution in [0, 0.1) is 5.92 Å². The van der Waals surface area contributed by atoms with E-state index in [9.17, 15) is 0 Å². The maximum atomic E-state index is 5.21. The predicted octanol–water partition coefficient (Wildman–Crippen LogP) is 0.487. The van der Waals surface area contributed by atoms with E-state index in [0.717, 1.165) is 25.6 Å². The van der Waals surface area contributed by atoms with Gasteiger partial charge in [0.1, 0.15) is 0 Å². The molecule has 0 radical (unpaired) electrons. The van der Waals surface area contributed by atoms with Gasteiger partial charge in [-0.3, -0.25) is 4.90 Å². The van der Waals surface area contributed by atoms with E-state index in [2.05, 4.69) is 30.8 Å². The normalized spacial score (nSPS) is 28.2. The molecule has 2 atom stereocenters. The lowest BCUT2D eigenvalue weighted by molar-refractivity contribution is -0.114. The van der Waals surface area contributed by atoms with Crippen LogP contribution in [-0.4, -0.2) is 70.1 Å². The molecule has 0 bridgehead atoms. The van der Waals surface area contributed by atoms with Crippen LogP contribution in [0.3, 0.4) is 0 Å². The van der Waals surface area contributed by atoms with Gasteiger partial charge in [0.05, 0.1) is 0 Å². The number of likely N-dealkylation sites (tertiary alicyclic amines) is 1. The molecule has 1 rings (SSSR count). The fourth-order valence-electron chi connectivity index (χ4n) is 2.33. The Balaban J connectivity index is 2.40. The van der Waals surface area contributed by atoms with Crippen molar-refractivity contribution >= 4 is 0 Å². The van der Waals surface area contributed by atoms with E-state index in [-0.39, 0.29) is 6.29 Å². The molecule has 2 unspecified atom stereocenters. The highest BCUT2D eigenvalue weighted by atomic mass is 16.7. The molecule has 0 spiro atoms. The minimum Gasteiger partial charge on any atom is -0.355 e. The molecule has 1 fully saturated rings. The molecule has 0 saturated carbocycles. The van der Waals surface area contributed by atoms with Crippen molar-refractivity contribution in [1.29, 1.82) is 0 Å². The average molecular weight is 216 g/mol. The molecule has 0 amide bonds. The van der Waals surface area contributed by atoms with Gasteiger partial charge in [-0.25, -0.2) is 0 Å². The summed E-state index contributed by atoms with van der Waals surface area (Å²) in [5, 5.41) is 0. The van der Waals surface area contributed by atoms with Crippen LogP contribution in [0.25, 0.3) is 0 Å². The van der Waals surface area contributed by atoms with Crippen LogP contribution >= 0.6 is 0 Å². The quantitative estimate of drug-likeness (QED) is 0.624. The van der Waals surface area contributed by atoms with E-state index in [1.54, 1.807) is 14.2 Å². The SMILES string of the molecule is COC(CN1CC(C)C(N(C)C)C1)OC. The second-order valence-electron chi connectivity index (χ2n) is 4.63. The standard InChI is InChI=1S/C11H24N2O2/c1-9-6-13(7-10(9)12(2)3)8-11(14-4)15-5/h9-11H,6-8H2,1-5H3. The van der Waals surface area contributed by atoms with Gasteiger partial charge in [-0.05, 0) is 20.0 Å². The predicted molar refractivity (Wildman–Crippen MR) is 60.9 cm³/mol. The van der Waals surface area contributed by atoms with Crippen LogP contribution in [0.5, 0.6) is 0 Å². The van der Waals surface area contributed by atoms with Crippen LogP contribution in [0.15, 0.2) is 0 Å². The van der Waals surface area contributed by atoms with Crippen molar-refractivity contribution in [3.63, 3.8) is 0 Å². The van der Waals surface area contributed by atoms with Crippen molar-refractivity contribution < 1.29 is 9.47 Å². The van der Waals surface area contributed by atoms with E-state index in [4.69, 9.17) is 9.47 Å². The summed E-state index contributed by atoms with van der Waals surface area (Å²) >= 11 is 0. The number of hydrogen-bond acceptors (Lipinski definition) is 4. The third-order valence-electron chi connectivity index (χ3n) is 3.24. The Labute approximate surface area is 93.1 Å². The molecule has 0 N–H and O–H groups in total. The zero-order valence-corrected chi connectivity index (χ0v) is 10.6. The van der Waals surface area contributed by atoms with Crippen molar-refractivity contribution in [3.8, 4) is 0 Å². The van der Waals surface area contributed by atoms with Crippen molar-refractivity contribution in [2.75, 3.05) is 47.9 Å². The summed E-state index contributed by atoms with van der Waals surface area (Å²) < 4.78 is 10.4. The molecule has 4 heteroatoms. The highest BCUT2D eigenvalue weighted by Gasteiger charge is 2.31. The van der Waals surface area contributed by atoms with Crippen molar-refractivity contribution in [1.82, 2.24) is 9.80 Å². The van der Waals surface area contributed by atoms with Gasteiger partial charge in [-0.15, -0.1) is 0 Å². The second kappa shape index (κ2) is 5.80. The molecule has 1 saturated heterocycles. The summed E-state index contributed by atoms with van der Waals surface area (Å²) in [4.78, 5) is 4.71. The summed E-state index contributed by atoms with van der Waals surface area (Å²) in [5.74, 6) is 0.717. The molecule has 1 heterocycles. The van der Waals surface area contributed by atoms with Crippen LogP contribution < -0.4 is 0 Å². The Morgan fingerprint density at radius 1 is 1.27 bits per heavy atom. The number of ether oxygens (including phenoxy) is 2. The molecule has 0 aliphatic carbocycles. The van der Waals surface area contributed by atoms with Crippen LogP contribution in [0.1, 0.15) is 6.92 Å². The smallest absolute Gasteiger partial charge is 0.169 e. The Morgan fingerprint density at radius 3 is 2.27 bits per heavy atom. The molecular weight excluding hydrogens is 192 g/mol. The molecule has 0 aromatic carbocycles. The number of hydrogen-bond donors (Lipinski definition) is 0. The number of nitrogens with zero attached hydrogens (tertiary/aromatic N) is 2. The Bertz CT molecular complexity index is 181. The molecule has 0 aromatic rings. The largest absolute Gasteiger partial charge is 0.355 e. The van der Waals surface area contributed by atoms with Gasteiger partial charge in [-0.2, -0.15) is 0 Å². The first-order valence-electron chi connectivity index (χ1n) is 5.52. The summed E-state index contributed by atoms with van der Waals surface area (Å²) in [6, 6.07) is 0.652. The molecule has 90 valence electrons. The first-order valence-corrected chi connectivity index (χ1v) is 5.52. The summed E-state index contributed by atoms with van der Waals surface area (Å²) in [6.07, 6.45) is -0.0990. The molecule has 15 heavy (non-hydrogen) atoms. The first kappa shape index (κ1) is 12.9. The van der Waals surface area contributed by atoms with Crippen LogP contribution in [0.2, 0.25) is 0 Å².